The van der Waals surface area contributed by atoms with Crippen molar-refractivity contribution in [1.29, 1.82) is 0 Å². The fraction of sp³-hybridized carbons (Fsp3) is 0.308. The van der Waals surface area contributed by atoms with E-state index in [1.807, 2.05) is 6.20 Å². The first-order valence-corrected chi connectivity index (χ1v) is 5.56. The average Bonchev–Trinajstić information content (AvgIpc) is 2.76. The molecule has 16 heavy (non-hydrogen) atoms. The second kappa shape index (κ2) is 4.84. The van der Waals surface area contributed by atoms with Gasteiger partial charge in [0.15, 0.2) is 0 Å². The molecule has 1 aromatic carbocycles. The molecule has 0 saturated carbocycles. The third kappa shape index (κ3) is 2.42. The van der Waals surface area contributed by atoms with Crippen molar-refractivity contribution in [3.05, 3.63) is 36.0 Å². The maximum Gasteiger partial charge on any atom is 0.219 e. The topological polar surface area (TPSA) is 44.9 Å². The lowest BCUT2D eigenvalue weighted by Gasteiger charge is -2.01. The zero-order chi connectivity index (χ0) is 11.4. The van der Waals surface area contributed by atoms with Gasteiger partial charge in [0, 0.05) is 25.2 Å². The molecule has 0 radical (unpaired) electrons. The summed E-state index contributed by atoms with van der Waals surface area (Å²) in [5, 5.41) is 3.87. The van der Waals surface area contributed by atoms with Crippen LogP contribution < -0.4 is 5.32 Å². The molecular weight excluding hydrogens is 200 g/mol. The van der Waals surface area contributed by atoms with Gasteiger partial charge in [-0.05, 0) is 42.0 Å². The van der Waals surface area contributed by atoms with Gasteiger partial charge in [0.1, 0.15) is 0 Å². The molecule has 0 saturated heterocycles. The summed E-state index contributed by atoms with van der Waals surface area (Å²) in [6.45, 7) is 0. The SMILES string of the molecule is CNC(=O)CCCc1ccc2[nH]ccc2c1. The molecule has 84 valence electrons. The first kappa shape index (κ1) is 10.7. The van der Waals surface area contributed by atoms with Crippen LogP contribution in [0.4, 0.5) is 0 Å². The molecule has 3 nitrogen and oxygen atoms in total. The van der Waals surface area contributed by atoms with E-state index < -0.39 is 0 Å². The van der Waals surface area contributed by atoms with E-state index in [4.69, 9.17) is 0 Å². The van der Waals surface area contributed by atoms with E-state index in [2.05, 4.69) is 34.6 Å². The summed E-state index contributed by atoms with van der Waals surface area (Å²) in [7, 11) is 1.67. The smallest absolute Gasteiger partial charge is 0.219 e. The van der Waals surface area contributed by atoms with Crippen LogP contribution in [-0.2, 0) is 11.2 Å². The molecule has 0 spiro atoms. The van der Waals surface area contributed by atoms with Crippen molar-refractivity contribution in [3.63, 3.8) is 0 Å². The van der Waals surface area contributed by atoms with Crippen molar-refractivity contribution < 1.29 is 4.79 Å². The van der Waals surface area contributed by atoms with E-state index in [1.54, 1.807) is 7.05 Å². The van der Waals surface area contributed by atoms with E-state index in [0.29, 0.717) is 6.42 Å². The fourth-order valence-electron chi connectivity index (χ4n) is 1.84. The largest absolute Gasteiger partial charge is 0.361 e. The van der Waals surface area contributed by atoms with Gasteiger partial charge >= 0.3 is 0 Å². The summed E-state index contributed by atoms with van der Waals surface area (Å²) in [6.07, 6.45) is 4.39. The van der Waals surface area contributed by atoms with Gasteiger partial charge < -0.3 is 10.3 Å². The van der Waals surface area contributed by atoms with Gasteiger partial charge in [-0.3, -0.25) is 4.79 Å². The molecule has 2 aromatic rings. The van der Waals surface area contributed by atoms with E-state index in [9.17, 15) is 4.79 Å². The zero-order valence-electron chi connectivity index (χ0n) is 9.42. The Kier molecular flexibility index (Phi) is 3.25. The Bertz CT molecular complexity index is 487. The number of amides is 1. The lowest BCUT2D eigenvalue weighted by atomic mass is 10.1. The van der Waals surface area contributed by atoms with Crippen LogP contribution in [-0.4, -0.2) is 17.9 Å². The lowest BCUT2D eigenvalue weighted by molar-refractivity contribution is -0.120. The minimum atomic E-state index is 0.114. The highest BCUT2D eigenvalue weighted by Gasteiger charge is 2.00. The number of nitrogens with one attached hydrogen (secondary N) is 2. The molecule has 1 aromatic heterocycles. The maximum atomic E-state index is 11.1. The molecule has 0 fully saturated rings. The van der Waals surface area contributed by atoms with Gasteiger partial charge in [-0.15, -0.1) is 0 Å². The molecule has 1 amide bonds. The summed E-state index contributed by atoms with van der Waals surface area (Å²) in [5.74, 6) is 0.114. The highest BCUT2D eigenvalue weighted by molar-refractivity contribution is 5.80. The minimum absolute atomic E-state index is 0.114. The van der Waals surface area contributed by atoms with Gasteiger partial charge in [0.2, 0.25) is 5.91 Å². The standard InChI is InChI=1S/C13H16N2O/c1-14-13(16)4-2-3-10-5-6-12-11(9-10)7-8-15-12/h5-9,15H,2-4H2,1H3,(H,14,16). The van der Waals surface area contributed by atoms with Crippen LogP contribution in [0.2, 0.25) is 0 Å². The number of carbonyl (C=O) groups excluding carboxylic acids is 1. The number of hydrogen-bond donors (Lipinski definition) is 2. The van der Waals surface area contributed by atoms with Crippen molar-refractivity contribution in [3.8, 4) is 0 Å². The van der Waals surface area contributed by atoms with Crippen LogP contribution in [0.15, 0.2) is 30.5 Å². The summed E-state index contributed by atoms with van der Waals surface area (Å²) in [6, 6.07) is 8.44. The monoisotopic (exact) mass is 216 g/mol. The van der Waals surface area contributed by atoms with E-state index in [1.165, 1.54) is 10.9 Å². The van der Waals surface area contributed by atoms with Crippen LogP contribution in [0.3, 0.4) is 0 Å². The number of rotatable bonds is 4. The molecular formula is C13H16N2O. The number of aromatic amines is 1. The van der Waals surface area contributed by atoms with Gasteiger partial charge in [-0.1, -0.05) is 6.07 Å². The van der Waals surface area contributed by atoms with Crippen LogP contribution >= 0.6 is 0 Å². The first-order valence-electron chi connectivity index (χ1n) is 5.56. The second-order valence-corrected chi connectivity index (χ2v) is 3.93. The van der Waals surface area contributed by atoms with Gasteiger partial charge in [-0.25, -0.2) is 0 Å². The molecule has 0 bridgehead atoms. The number of carbonyl (C=O) groups is 1. The highest BCUT2D eigenvalue weighted by atomic mass is 16.1. The van der Waals surface area contributed by atoms with Gasteiger partial charge in [0.25, 0.3) is 0 Å². The number of aromatic nitrogens is 1. The van der Waals surface area contributed by atoms with Crippen LogP contribution in [0.5, 0.6) is 0 Å². The van der Waals surface area contributed by atoms with Crippen molar-refractivity contribution in [1.82, 2.24) is 10.3 Å². The lowest BCUT2D eigenvalue weighted by Crippen LogP contribution is -2.17. The quantitative estimate of drug-likeness (QED) is 0.808. The molecule has 0 unspecified atom stereocenters. The minimum Gasteiger partial charge on any atom is -0.361 e. The van der Waals surface area contributed by atoms with Crippen molar-refractivity contribution >= 4 is 16.8 Å². The number of hydrogen-bond acceptors (Lipinski definition) is 1. The maximum absolute atomic E-state index is 11.1. The molecule has 0 aliphatic heterocycles. The molecule has 2 N–H and O–H groups in total. The third-order valence-electron chi connectivity index (χ3n) is 2.77. The van der Waals surface area contributed by atoms with Crippen molar-refractivity contribution in [2.75, 3.05) is 7.05 Å². The number of H-pyrrole nitrogens is 1. The van der Waals surface area contributed by atoms with E-state index >= 15 is 0 Å². The number of fused-ring (bicyclic) bond motifs is 1. The fourth-order valence-corrected chi connectivity index (χ4v) is 1.84. The first-order chi connectivity index (χ1) is 7.79. The Labute approximate surface area is 94.9 Å². The normalized spacial score (nSPS) is 10.6. The van der Waals surface area contributed by atoms with Crippen LogP contribution in [0.25, 0.3) is 10.9 Å². The number of aryl methyl sites for hydroxylation is 1. The Morgan fingerprint density at radius 2 is 2.25 bits per heavy atom. The molecule has 0 atom stereocenters. The van der Waals surface area contributed by atoms with E-state index in [-0.39, 0.29) is 5.91 Å². The molecule has 3 heteroatoms. The van der Waals surface area contributed by atoms with Crippen molar-refractivity contribution in [2.24, 2.45) is 0 Å². The molecule has 0 aliphatic rings. The molecule has 0 aliphatic carbocycles. The van der Waals surface area contributed by atoms with Gasteiger partial charge in [-0.2, -0.15) is 0 Å². The predicted molar refractivity (Wildman–Crippen MR) is 65.3 cm³/mol. The molecule has 2 rings (SSSR count). The second-order valence-electron chi connectivity index (χ2n) is 3.93. The predicted octanol–water partition coefficient (Wildman–Crippen LogP) is 2.24. The average molecular weight is 216 g/mol. The van der Waals surface area contributed by atoms with Crippen LogP contribution in [0.1, 0.15) is 18.4 Å². The Morgan fingerprint density at radius 1 is 1.38 bits per heavy atom. The molecule has 1 heterocycles. The summed E-state index contributed by atoms with van der Waals surface area (Å²) >= 11 is 0. The summed E-state index contributed by atoms with van der Waals surface area (Å²) < 4.78 is 0. The van der Waals surface area contributed by atoms with Crippen molar-refractivity contribution in [2.45, 2.75) is 19.3 Å². The Hall–Kier alpha value is -1.77. The Balaban J connectivity index is 1.96. The number of benzene rings is 1. The zero-order valence-corrected chi connectivity index (χ0v) is 9.42. The van der Waals surface area contributed by atoms with Gasteiger partial charge in [0.05, 0.1) is 0 Å². The summed E-state index contributed by atoms with van der Waals surface area (Å²) in [5.41, 5.74) is 2.45. The van der Waals surface area contributed by atoms with Crippen LogP contribution in [0, 0.1) is 0 Å². The highest BCUT2D eigenvalue weighted by Crippen LogP contribution is 2.15. The van der Waals surface area contributed by atoms with E-state index in [0.717, 1.165) is 18.4 Å². The summed E-state index contributed by atoms with van der Waals surface area (Å²) in [4.78, 5) is 14.2. The Morgan fingerprint density at radius 3 is 3.06 bits per heavy atom. The third-order valence-corrected chi connectivity index (χ3v) is 2.77.